The molecule has 0 amide bonds. The molecule has 0 saturated carbocycles. The molecule has 0 N–H and O–H groups in total. The maximum atomic E-state index is 13.0. The van der Waals surface area contributed by atoms with Crippen molar-refractivity contribution >= 4 is 12.6 Å². The standard InChI is InChI=1S/C12H7F3S/c13-10-5-8(6-11(14)12(10)15)7-2-1-3-9(16)4-7/h1-6,16H. The maximum absolute atomic E-state index is 13.0. The Morgan fingerprint density at radius 2 is 1.44 bits per heavy atom. The van der Waals surface area contributed by atoms with E-state index in [1.165, 1.54) is 0 Å². The number of halogens is 3. The lowest BCUT2D eigenvalue weighted by Crippen LogP contribution is -1.91. The van der Waals surface area contributed by atoms with Crippen LogP contribution in [0.15, 0.2) is 41.3 Å². The number of hydrogen-bond acceptors (Lipinski definition) is 1. The Morgan fingerprint density at radius 1 is 0.812 bits per heavy atom. The molecule has 0 unspecified atom stereocenters. The van der Waals surface area contributed by atoms with Gasteiger partial charge >= 0.3 is 0 Å². The summed E-state index contributed by atoms with van der Waals surface area (Å²) in [7, 11) is 0. The van der Waals surface area contributed by atoms with Gasteiger partial charge < -0.3 is 0 Å². The number of benzene rings is 2. The first-order valence-electron chi connectivity index (χ1n) is 4.52. The molecule has 0 heterocycles. The van der Waals surface area contributed by atoms with Gasteiger partial charge in [-0.3, -0.25) is 0 Å². The molecule has 0 aliphatic heterocycles. The Kier molecular flexibility index (Phi) is 2.92. The first-order chi connectivity index (χ1) is 7.58. The largest absolute Gasteiger partial charge is 0.204 e. The monoisotopic (exact) mass is 240 g/mol. The van der Waals surface area contributed by atoms with E-state index in [2.05, 4.69) is 12.6 Å². The molecule has 0 spiro atoms. The van der Waals surface area contributed by atoms with Gasteiger partial charge in [0, 0.05) is 4.90 Å². The predicted octanol–water partition coefficient (Wildman–Crippen LogP) is 4.06. The van der Waals surface area contributed by atoms with Crippen molar-refractivity contribution in [2.45, 2.75) is 4.90 Å². The van der Waals surface area contributed by atoms with Gasteiger partial charge in [-0.15, -0.1) is 12.6 Å². The van der Waals surface area contributed by atoms with Crippen molar-refractivity contribution in [3.8, 4) is 11.1 Å². The summed E-state index contributed by atoms with van der Waals surface area (Å²) in [5, 5.41) is 0. The zero-order chi connectivity index (χ0) is 11.7. The van der Waals surface area contributed by atoms with Crippen molar-refractivity contribution in [2.75, 3.05) is 0 Å². The van der Waals surface area contributed by atoms with Gasteiger partial charge in [0.15, 0.2) is 17.5 Å². The van der Waals surface area contributed by atoms with Crippen LogP contribution in [0.3, 0.4) is 0 Å². The van der Waals surface area contributed by atoms with Gasteiger partial charge in [-0.25, -0.2) is 13.2 Å². The fourth-order valence-corrected chi connectivity index (χ4v) is 1.63. The fourth-order valence-electron chi connectivity index (χ4n) is 1.41. The van der Waals surface area contributed by atoms with Gasteiger partial charge in [-0.2, -0.15) is 0 Å². The molecule has 0 bridgehead atoms. The van der Waals surface area contributed by atoms with E-state index in [9.17, 15) is 13.2 Å². The zero-order valence-corrected chi connectivity index (χ0v) is 8.94. The molecule has 0 fully saturated rings. The average Bonchev–Trinajstić information content (AvgIpc) is 2.25. The first-order valence-corrected chi connectivity index (χ1v) is 4.96. The highest BCUT2D eigenvalue weighted by atomic mass is 32.1. The third kappa shape index (κ3) is 2.07. The molecule has 2 rings (SSSR count). The van der Waals surface area contributed by atoms with Gasteiger partial charge in [-0.05, 0) is 35.4 Å². The van der Waals surface area contributed by atoms with Crippen molar-refractivity contribution in [3.05, 3.63) is 53.8 Å². The van der Waals surface area contributed by atoms with Crippen LogP contribution in [0.2, 0.25) is 0 Å². The van der Waals surface area contributed by atoms with Crippen molar-refractivity contribution in [3.63, 3.8) is 0 Å². The summed E-state index contributed by atoms with van der Waals surface area (Å²) in [5.74, 6) is -3.84. The minimum Gasteiger partial charge on any atom is -0.204 e. The van der Waals surface area contributed by atoms with Crippen LogP contribution >= 0.6 is 12.6 Å². The minimum atomic E-state index is -1.45. The molecule has 0 atom stereocenters. The maximum Gasteiger partial charge on any atom is 0.194 e. The molecule has 16 heavy (non-hydrogen) atoms. The molecule has 0 aromatic heterocycles. The molecular weight excluding hydrogens is 233 g/mol. The molecular formula is C12H7F3S. The molecule has 82 valence electrons. The number of hydrogen-bond donors (Lipinski definition) is 1. The van der Waals surface area contributed by atoms with Crippen LogP contribution < -0.4 is 0 Å². The van der Waals surface area contributed by atoms with E-state index in [1.54, 1.807) is 24.3 Å². The van der Waals surface area contributed by atoms with E-state index in [0.29, 0.717) is 10.5 Å². The molecule has 0 aliphatic carbocycles. The summed E-state index contributed by atoms with van der Waals surface area (Å²) in [4.78, 5) is 0.669. The fraction of sp³-hybridized carbons (Fsp3) is 0. The number of rotatable bonds is 1. The Balaban J connectivity index is 2.57. The second kappa shape index (κ2) is 4.22. The summed E-state index contributed by atoms with van der Waals surface area (Å²) in [5.41, 5.74) is 0.873. The van der Waals surface area contributed by atoms with Crippen LogP contribution in [0.4, 0.5) is 13.2 Å². The van der Waals surface area contributed by atoms with Crippen LogP contribution in [-0.2, 0) is 0 Å². The van der Waals surface area contributed by atoms with Crippen molar-refractivity contribution < 1.29 is 13.2 Å². The minimum absolute atomic E-state index is 0.285. The first kappa shape index (κ1) is 11.1. The van der Waals surface area contributed by atoms with E-state index in [-0.39, 0.29) is 5.56 Å². The Bertz CT molecular complexity index is 515. The van der Waals surface area contributed by atoms with E-state index in [1.807, 2.05) is 0 Å². The topological polar surface area (TPSA) is 0 Å². The van der Waals surface area contributed by atoms with Gasteiger partial charge in [0.05, 0.1) is 0 Å². The highest BCUT2D eigenvalue weighted by molar-refractivity contribution is 7.80. The van der Waals surface area contributed by atoms with E-state index >= 15 is 0 Å². The SMILES string of the molecule is Fc1cc(-c2cccc(S)c2)cc(F)c1F. The smallest absolute Gasteiger partial charge is 0.194 e. The van der Waals surface area contributed by atoms with Crippen LogP contribution in [0.25, 0.3) is 11.1 Å². The second-order valence-corrected chi connectivity index (χ2v) is 3.82. The van der Waals surface area contributed by atoms with Crippen molar-refractivity contribution in [2.24, 2.45) is 0 Å². The molecule has 0 saturated heterocycles. The zero-order valence-electron chi connectivity index (χ0n) is 8.05. The molecule has 0 radical (unpaired) electrons. The van der Waals surface area contributed by atoms with Gasteiger partial charge in [0.25, 0.3) is 0 Å². The second-order valence-electron chi connectivity index (χ2n) is 3.30. The highest BCUT2D eigenvalue weighted by Crippen LogP contribution is 2.25. The third-order valence-corrected chi connectivity index (χ3v) is 2.44. The normalized spacial score (nSPS) is 10.5. The van der Waals surface area contributed by atoms with Crippen molar-refractivity contribution in [1.29, 1.82) is 0 Å². The van der Waals surface area contributed by atoms with Gasteiger partial charge in [0.2, 0.25) is 0 Å². The summed E-state index contributed by atoms with van der Waals surface area (Å²) >= 11 is 4.11. The lowest BCUT2D eigenvalue weighted by molar-refractivity contribution is 0.447. The molecule has 2 aromatic carbocycles. The average molecular weight is 240 g/mol. The van der Waals surface area contributed by atoms with Gasteiger partial charge in [0.1, 0.15) is 0 Å². The van der Waals surface area contributed by atoms with Gasteiger partial charge in [-0.1, -0.05) is 12.1 Å². The predicted molar refractivity (Wildman–Crippen MR) is 59.0 cm³/mol. The molecule has 4 heteroatoms. The lowest BCUT2D eigenvalue weighted by atomic mass is 10.1. The summed E-state index contributed by atoms with van der Waals surface area (Å²) in [6, 6.07) is 8.68. The highest BCUT2D eigenvalue weighted by Gasteiger charge is 2.11. The Hall–Kier alpha value is -1.42. The molecule has 2 aromatic rings. The summed E-state index contributed by atoms with van der Waals surface area (Å²) in [6.07, 6.45) is 0. The number of thiol groups is 1. The quantitative estimate of drug-likeness (QED) is 0.564. The summed E-state index contributed by atoms with van der Waals surface area (Å²) < 4.78 is 38.7. The third-order valence-electron chi connectivity index (χ3n) is 2.16. The molecule has 0 aliphatic rings. The van der Waals surface area contributed by atoms with Crippen LogP contribution in [-0.4, -0.2) is 0 Å². The molecule has 0 nitrogen and oxygen atoms in total. The van der Waals surface area contributed by atoms with E-state index in [0.717, 1.165) is 12.1 Å². The van der Waals surface area contributed by atoms with E-state index in [4.69, 9.17) is 0 Å². The van der Waals surface area contributed by atoms with Crippen LogP contribution in [0.5, 0.6) is 0 Å². The summed E-state index contributed by atoms with van der Waals surface area (Å²) in [6.45, 7) is 0. The Morgan fingerprint density at radius 3 is 2.00 bits per heavy atom. The van der Waals surface area contributed by atoms with E-state index < -0.39 is 17.5 Å². The van der Waals surface area contributed by atoms with Crippen molar-refractivity contribution in [1.82, 2.24) is 0 Å². The van der Waals surface area contributed by atoms with Crippen LogP contribution in [0, 0.1) is 17.5 Å². The lowest BCUT2D eigenvalue weighted by Gasteiger charge is -2.04. The Labute approximate surface area is 96.1 Å². The van der Waals surface area contributed by atoms with Crippen LogP contribution in [0.1, 0.15) is 0 Å².